The molecule has 158 valence electrons. The van der Waals surface area contributed by atoms with Crippen LogP contribution in [0.15, 0.2) is 17.8 Å². The van der Waals surface area contributed by atoms with Crippen molar-refractivity contribution in [2.75, 3.05) is 18.4 Å². The Morgan fingerprint density at radius 2 is 2.10 bits per heavy atom. The molecule has 1 fully saturated rings. The summed E-state index contributed by atoms with van der Waals surface area (Å²) in [5.41, 5.74) is 3.52. The van der Waals surface area contributed by atoms with Gasteiger partial charge in [0, 0.05) is 37.3 Å². The zero-order valence-corrected chi connectivity index (χ0v) is 19.3. The normalized spacial score (nSPS) is 16.8. The molecule has 0 radical (unpaired) electrons. The van der Waals surface area contributed by atoms with Crippen LogP contribution < -0.4 is 5.32 Å². The van der Waals surface area contributed by atoms with E-state index in [0.29, 0.717) is 12.4 Å². The highest BCUT2D eigenvalue weighted by Crippen LogP contribution is 2.31. The molecule has 1 aliphatic heterocycles. The molecule has 4 heterocycles. The quantitative estimate of drug-likeness (QED) is 0.626. The molecule has 7 nitrogen and oxygen atoms in total. The molecule has 0 aromatic carbocycles. The smallest absolute Gasteiger partial charge is 0.265 e. The summed E-state index contributed by atoms with van der Waals surface area (Å²) in [5, 5.41) is 4.40. The minimum absolute atomic E-state index is 0.0765. The first-order chi connectivity index (χ1) is 14.4. The number of thiazole rings is 2. The SMILES string of the molecule is Cc1ncc(-c2nc(NC(C)C)cc(C3CCCN(C(=O)c4scnc4C)C3)n2)s1. The molecule has 9 heteroatoms. The van der Waals surface area contributed by atoms with E-state index in [1.54, 1.807) is 16.8 Å². The number of nitrogens with zero attached hydrogens (tertiary/aromatic N) is 5. The highest BCUT2D eigenvalue weighted by atomic mass is 32.1. The summed E-state index contributed by atoms with van der Waals surface area (Å²) >= 11 is 3.01. The molecule has 1 N–H and O–H groups in total. The predicted octanol–water partition coefficient (Wildman–Crippen LogP) is 4.51. The van der Waals surface area contributed by atoms with Crippen LogP contribution in [-0.4, -0.2) is 49.9 Å². The van der Waals surface area contributed by atoms with Crippen LogP contribution in [0.1, 0.15) is 58.7 Å². The van der Waals surface area contributed by atoms with Gasteiger partial charge in [0.15, 0.2) is 5.82 Å². The Morgan fingerprint density at radius 1 is 1.27 bits per heavy atom. The average Bonchev–Trinajstić information content (AvgIpc) is 3.35. The van der Waals surface area contributed by atoms with Crippen molar-refractivity contribution >= 4 is 34.4 Å². The fourth-order valence-electron chi connectivity index (χ4n) is 3.67. The predicted molar refractivity (Wildman–Crippen MR) is 121 cm³/mol. The van der Waals surface area contributed by atoms with Crippen molar-refractivity contribution in [3.05, 3.63) is 39.0 Å². The molecule has 0 aliphatic carbocycles. The van der Waals surface area contributed by atoms with E-state index < -0.39 is 0 Å². The Morgan fingerprint density at radius 3 is 2.77 bits per heavy atom. The molecule has 1 unspecified atom stereocenters. The number of anilines is 1. The first-order valence-electron chi connectivity index (χ1n) is 10.2. The number of likely N-dealkylation sites (tertiary alicyclic amines) is 1. The van der Waals surface area contributed by atoms with Gasteiger partial charge in [-0.1, -0.05) is 0 Å². The molecule has 0 bridgehead atoms. The van der Waals surface area contributed by atoms with Gasteiger partial charge in [0.25, 0.3) is 5.91 Å². The summed E-state index contributed by atoms with van der Waals surface area (Å²) in [5.74, 6) is 1.77. The standard InChI is InChI=1S/C21H26N6OS2/c1-12(2)24-18-8-16(25-20(26-18)17-9-22-14(4)30-17)15-6-5-7-27(10-15)21(28)19-13(3)23-11-29-19/h8-9,11-12,15H,5-7,10H2,1-4H3,(H,24,25,26). The summed E-state index contributed by atoms with van der Waals surface area (Å²) in [6.07, 6.45) is 3.80. The Balaban J connectivity index is 1.63. The van der Waals surface area contributed by atoms with Gasteiger partial charge in [-0.25, -0.2) is 19.9 Å². The van der Waals surface area contributed by atoms with Crippen molar-refractivity contribution in [3.8, 4) is 10.7 Å². The van der Waals surface area contributed by atoms with E-state index in [9.17, 15) is 4.79 Å². The third-order valence-corrected chi connectivity index (χ3v) is 6.92. The third kappa shape index (κ3) is 4.52. The van der Waals surface area contributed by atoms with Gasteiger partial charge in [0.1, 0.15) is 10.7 Å². The van der Waals surface area contributed by atoms with E-state index >= 15 is 0 Å². The number of carbonyl (C=O) groups is 1. The second kappa shape index (κ2) is 8.77. The van der Waals surface area contributed by atoms with Gasteiger partial charge in [-0.2, -0.15) is 0 Å². The first kappa shape index (κ1) is 20.9. The fourth-order valence-corrected chi connectivity index (χ4v) is 5.15. The van der Waals surface area contributed by atoms with E-state index in [0.717, 1.165) is 51.4 Å². The minimum atomic E-state index is 0.0765. The van der Waals surface area contributed by atoms with Crippen molar-refractivity contribution in [3.63, 3.8) is 0 Å². The van der Waals surface area contributed by atoms with Crippen molar-refractivity contribution in [1.29, 1.82) is 0 Å². The molecule has 4 rings (SSSR count). The van der Waals surface area contributed by atoms with Gasteiger partial charge in [-0.15, -0.1) is 22.7 Å². The van der Waals surface area contributed by atoms with Crippen LogP contribution in [0.4, 0.5) is 5.82 Å². The Hall–Kier alpha value is -2.39. The molecular formula is C21H26N6OS2. The summed E-state index contributed by atoms with van der Waals surface area (Å²) < 4.78 is 0. The lowest BCUT2D eigenvalue weighted by atomic mass is 9.94. The van der Waals surface area contributed by atoms with Crippen LogP contribution in [0, 0.1) is 13.8 Å². The molecule has 3 aromatic rings. The molecule has 1 aliphatic rings. The fraction of sp³-hybridized carbons (Fsp3) is 0.476. The number of aryl methyl sites for hydroxylation is 2. The van der Waals surface area contributed by atoms with E-state index in [2.05, 4.69) is 29.1 Å². The summed E-state index contributed by atoms with van der Waals surface area (Å²) in [4.78, 5) is 34.9. The molecule has 3 aromatic heterocycles. The maximum atomic E-state index is 13.0. The van der Waals surface area contributed by atoms with E-state index in [1.807, 2.05) is 31.0 Å². The number of carbonyl (C=O) groups excluding carboxylic acids is 1. The average molecular weight is 443 g/mol. The zero-order valence-electron chi connectivity index (χ0n) is 17.7. The molecule has 1 atom stereocenters. The number of hydrogen-bond acceptors (Lipinski definition) is 8. The number of piperidine rings is 1. The molecule has 0 spiro atoms. The largest absolute Gasteiger partial charge is 0.368 e. The first-order valence-corrected chi connectivity index (χ1v) is 11.9. The van der Waals surface area contributed by atoms with Crippen molar-refractivity contribution in [2.24, 2.45) is 0 Å². The van der Waals surface area contributed by atoms with Gasteiger partial charge in [0.2, 0.25) is 0 Å². The van der Waals surface area contributed by atoms with Crippen LogP contribution in [0.2, 0.25) is 0 Å². The highest BCUT2D eigenvalue weighted by molar-refractivity contribution is 7.15. The van der Waals surface area contributed by atoms with Crippen LogP contribution in [-0.2, 0) is 0 Å². The molecule has 1 saturated heterocycles. The maximum Gasteiger partial charge on any atom is 0.265 e. The van der Waals surface area contributed by atoms with E-state index in [4.69, 9.17) is 9.97 Å². The van der Waals surface area contributed by atoms with Crippen LogP contribution in [0.3, 0.4) is 0 Å². The topological polar surface area (TPSA) is 83.9 Å². The van der Waals surface area contributed by atoms with Crippen molar-refractivity contribution in [2.45, 2.75) is 52.5 Å². The number of aromatic nitrogens is 4. The van der Waals surface area contributed by atoms with Gasteiger partial charge in [-0.3, -0.25) is 4.79 Å². The minimum Gasteiger partial charge on any atom is -0.368 e. The second-order valence-corrected chi connectivity index (χ2v) is 9.99. The van der Waals surface area contributed by atoms with Gasteiger partial charge in [0.05, 0.1) is 26.8 Å². The maximum absolute atomic E-state index is 13.0. The van der Waals surface area contributed by atoms with Crippen LogP contribution >= 0.6 is 22.7 Å². The van der Waals surface area contributed by atoms with Gasteiger partial charge in [-0.05, 0) is 40.5 Å². The second-order valence-electron chi connectivity index (χ2n) is 7.90. The summed E-state index contributed by atoms with van der Waals surface area (Å²) in [6, 6.07) is 2.30. The zero-order chi connectivity index (χ0) is 21.3. The molecule has 0 saturated carbocycles. The number of amides is 1. The Labute approximate surface area is 184 Å². The summed E-state index contributed by atoms with van der Waals surface area (Å²) in [7, 11) is 0. The number of nitrogens with one attached hydrogen (secondary N) is 1. The Bertz CT molecular complexity index is 1040. The van der Waals surface area contributed by atoms with Crippen LogP contribution in [0.5, 0.6) is 0 Å². The number of rotatable bonds is 5. The van der Waals surface area contributed by atoms with Gasteiger partial charge >= 0.3 is 0 Å². The lowest BCUT2D eigenvalue weighted by molar-refractivity contribution is 0.0710. The van der Waals surface area contributed by atoms with Gasteiger partial charge < -0.3 is 10.2 Å². The van der Waals surface area contributed by atoms with Crippen LogP contribution in [0.25, 0.3) is 10.7 Å². The van der Waals surface area contributed by atoms with E-state index in [-0.39, 0.29) is 17.9 Å². The lowest BCUT2D eigenvalue weighted by Gasteiger charge is -2.32. The number of hydrogen-bond donors (Lipinski definition) is 1. The molecule has 30 heavy (non-hydrogen) atoms. The molecular weight excluding hydrogens is 416 g/mol. The van der Waals surface area contributed by atoms with Crippen molar-refractivity contribution < 1.29 is 4.79 Å². The third-order valence-electron chi connectivity index (χ3n) is 5.09. The monoisotopic (exact) mass is 442 g/mol. The van der Waals surface area contributed by atoms with E-state index in [1.165, 1.54) is 11.3 Å². The lowest BCUT2D eigenvalue weighted by Crippen LogP contribution is -2.39. The molecule has 1 amide bonds. The Kier molecular flexibility index (Phi) is 6.10. The van der Waals surface area contributed by atoms with Crippen molar-refractivity contribution in [1.82, 2.24) is 24.8 Å². The summed E-state index contributed by atoms with van der Waals surface area (Å²) in [6.45, 7) is 9.50. The highest BCUT2D eigenvalue weighted by Gasteiger charge is 2.28.